The third-order valence-corrected chi connectivity index (χ3v) is 5.79. The van der Waals surface area contributed by atoms with Crippen LogP contribution in [0.2, 0.25) is 0 Å². The second-order valence-corrected chi connectivity index (χ2v) is 8.60. The van der Waals surface area contributed by atoms with Crippen LogP contribution in [0.25, 0.3) is 10.9 Å². The number of amides is 1. The van der Waals surface area contributed by atoms with E-state index in [-0.39, 0.29) is 18.5 Å². The van der Waals surface area contributed by atoms with Crippen molar-refractivity contribution in [2.45, 2.75) is 51.5 Å². The average Bonchev–Trinajstić information content (AvgIpc) is 3.05. The zero-order valence-electron chi connectivity index (χ0n) is 17.5. The number of hydrogen-bond donors (Lipinski definition) is 3. The highest BCUT2D eigenvalue weighted by Gasteiger charge is 2.31. The lowest BCUT2D eigenvalue weighted by Gasteiger charge is -2.25. The third kappa shape index (κ3) is 4.61. The van der Waals surface area contributed by atoms with Crippen molar-refractivity contribution in [1.29, 1.82) is 0 Å². The van der Waals surface area contributed by atoms with Crippen LogP contribution >= 0.6 is 0 Å². The van der Waals surface area contributed by atoms with Gasteiger partial charge in [-0.15, -0.1) is 0 Å². The molecule has 1 aromatic heterocycles. The summed E-state index contributed by atoms with van der Waals surface area (Å²) in [7, 11) is 0. The molecular formula is C24H26F3N3O. The molecule has 0 fully saturated rings. The van der Waals surface area contributed by atoms with Crippen LogP contribution < -0.4 is 10.6 Å². The molecule has 7 heteroatoms. The molecule has 0 aliphatic carbocycles. The first-order valence-corrected chi connectivity index (χ1v) is 10.5. The minimum atomic E-state index is -4.37. The first-order chi connectivity index (χ1) is 14.7. The number of rotatable bonds is 5. The first-order valence-electron chi connectivity index (χ1n) is 10.5. The Hall–Kier alpha value is -2.80. The Labute approximate surface area is 179 Å². The van der Waals surface area contributed by atoms with E-state index in [0.717, 1.165) is 29.6 Å². The van der Waals surface area contributed by atoms with E-state index in [0.29, 0.717) is 17.9 Å². The summed E-state index contributed by atoms with van der Waals surface area (Å²) in [4.78, 5) is 16.3. The number of H-pyrrole nitrogens is 1. The van der Waals surface area contributed by atoms with Crippen LogP contribution in [0.15, 0.2) is 48.7 Å². The van der Waals surface area contributed by atoms with Crippen LogP contribution in [-0.4, -0.2) is 16.9 Å². The Balaban J connectivity index is 1.50. The normalized spacial score (nSPS) is 18.9. The Kier molecular flexibility index (Phi) is 5.79. The fourth-order valence-electron chi connectivity index (χ4n) is 4.31. The van der Waals surface area contributed by atoms with Gasteiger partial charge in [0.2, 0.25) is 5.91 Å². The van der Waals surface area contributed by atoms with Crippen molar-refractivity contribution in [3.8, 4) is 0 Å². The molecule has 3 N–H and O–H groups in total. The zero-order chi connectivity index (χ0) is 22.2. The molecule has 2 aromatic carbocycles. The predicted molar refractivity (Wildman–Crippen MR) is 114 cm³/mol. The second-order valence-electron chi connectivity index (χ2n) is 8.60. The van der Waals surface area contributed by atoms with Gasteiger partial charge in [0.15, 0.2) is 0 Å². The molecule has 1 amide bonds. The van der Waals surface area contributed by atoms with Crippen molar-refractivity contribution in [2.75, 3.05) is 0 Å². The van der Waals surface area contributed by atoms with Gasteiger partial charge in [-0.2, -0.15) is 13.2 Å². The SMILES string of the molecule is CC(C)CC1NC(C(=O)NCc2ccc(C(F)(F)F)cc2)Cc2c[nH]c3cccc1c23. The lowest BCUT2D eigenvalue weighted by Crippen LogP contribution is -2.46. The van der Waals surface area contributed by atoms with Gasteiger partial charge in [-0.05, 0) is 53.6 Å². The van der Waals surface area contributed by atoms with E-state index in [4.69, 9.17) is 0 Å². The quantitative estimate of drug-likeness (QED) is 0.528. The van der Waals surface area contributed by atoms with E-state index >= 15 is 0 Å². The van der Waals surface area contributed by atoms with E-state index in [1.807, 2.05) is 18.3 Å². The number of halogens is 3. The highest BCUT2D eigenvalue weighted by Crippen LogP contribution is 2.34. The minimum Gasteiger partial charge on any atom is -0.361 e. The molecule has 4 rings (SSSR count). The number of aromatic amines is 1. The molecule has 0 spiro atoms. The Morgan fingerprint density at radius 3 is 2.58 bits per heavy atom. The summed E-state index contributed by atoms with van der Waals surface area (Å²) in [5.74, 6) is 0.292. The molecule has 2 atom stereocenters. The van der Waals surface area contributed by atoms with Gasteiger partial charge >= 0.3 is 6.18 Å². The Morgan fingerprint density at radius 1 is 1.16 bits per heavy atom. The molecule has 2 unspecified atom stereocenters. The van der Waals surface area contributed by atoms with Crippen molar-refractivity contribution >= 4 is 16.8 Å². The maximum Gasteiger partial charge on any atom is 0.416 e. The second kappa shape index (κ2) is 8.38. The number of aromatic nitrogens is 1. The van der Waals surface area contributed by atoms with Gasteiger partial charge < -0.3 is 10.3 Å². The zero-order valence-corrected chi connectivity index (χ0v) is 17.5. The molecule has 164 valence electrons. The van der Waals surface area contributed by atoms with E-state index in [1.54, 1.807) is 0 Å². The van der Waals surface area contributed by atoms with Gasteiger partial charge in [0, 0.05) is 29.7 Å². The topological polar surface area (TPSA) is 56.9 Å². The van der Waals surface area contributed by atoms with Gasteiger partial charge in [0.05, 0.1) is 11.6 Å². The Morgan fingerprint density at radius 2 is 1.90 bits per heavy atom. The number of carbonyl (C=O) groups excluding carboxylic acids is 1. The number of carbonyl (C=O) groups is 1. The maximum absolute atomic E-state index is 13.0. The average molecular weight is 429 g/mol. The molecule has 1 aliphatic rings. The van der Waals surface area contributed by atoms with E-state index in [1.165, 1.54) is 23.1 Å². The molecule has 0 saturated heterocycles. The van der Waals surface area contributed by atoms with Crippen molar-refractivity contribution in [3.05, 3.63) is 70.9 Å². The lowest BCUT2D eigenvalue weighted by molar-refractivity contribution is -0.137. The molecule has 4 nitrogen and oxygen atoms in total. The number of hydrogen-bond acceptors (Lipinski definition) is 2. The van der Waals surface area contributed by atoms with Gasteiger partial charge in [0.25, 0.3) is 0 Å². The van der Waals surface area contributed by atoms with Gasteiger partial charge in [0.1, 0.15) is 0 Å². The summed E-state index contributed by atoms with van der Waals surface area (Å²) >= 11 is 0. The standard InChI is InChI=1S/C24H26F3N3O/c1-14(2)10-20-18-4-3-5-19-22(18)16(13-28-19)11-21(30-20)23(31)29-12-15-6-8-17(9-7-15)24(25,26)27/h3-9,13-14,20-21,28,30H,10-12H2,1-2H3,(H,29,31). The van der Waals surface area contributed by atoms with E-state index < -0.39 is 17.8 Å². The Bertz CT molecular complexity index is 1070. The van der Waals surface area contributed by atoms with Crippen molar-refractivity contribution in [1.82, 2.24) is 15.6 Å². The van der Waals surface area contributed by atoms with E-state index in [2.05, 4.69) is 35.5 Å². The number of alkyl halides is 3. The first kappa shape index (κ1) is 21.4. The summed E-state index contributed by atoms with van der Waals surface area (Å²) in [5.41, 5.74) is 3.29. The number of benzene rings is 2. The van der Waals surface area contributed by atoms with Gasteiger partial charge in [-0.1, -0.05) is 38.1 Å². The summed E-state index contributed by atoms with van der Waals surface area (Å²) < 4.78 is 38.2. The summed E-state index contributed by atoms with van der Waals surface area (Å²) in [6.45, 7) is 4.49. The van der Waals surface area contributed by atoms with Gasteiger partial charge in [-0.25, -0.2) is 0 Å². The molecule has 0 saturated carbocycles. The molecule has 31 heavy (non-hydrogen) atoms. The molecule has 3 aromatic rings. The molecular weight excluding hydrogens is 403 g/mol. The van der Waals surface area contributed by atoms with Gasteiger partial charge in [-0.3, -0.25) is 10.1 Å². The summed E-state index contributed by atoms with van der Waals surface area (Å²) in [6, 6.07) is 10.7. The van der Waals surface area contributed by atoms with Crippen LogP contribution in [0, 0.1) is 5.92 Å². The van der Waals surface area contributed by atoms with Crippen molar-refractivity contribution in [2.24, 2.45) is 5.92 Å². The molecule has 0 radical (unpaired) electrons. The number of nitrogens with one attached hydrogen (secondary N) is 3. The fourth-order valence-corrected chi connectivity index (χ4v) is 4.31. The molecule has 0 bridgehead atoms. The maximum atomic E-state index is 13.0. The monoisotopic (exact) mass is 429 g/mol. The van der Waals surface area contributed by atoms with Crippen LogP contribution in [-0.2, 0) is 23.9 Å². The minimum absolute atomic E-state index is 0.0440. The van der Waals surface area contributed by atoms with Crippen LogP contribution in [0.4, 0.5) is 13.2 Å². The lowest BCUT2D eigenvalue weighted by atomic mass is 9.94. The third-order valence-electron chi connectivity index (χ3n) is 5.79. The van der Waals surface area contributed by atoms with Crippen LogP contribution in [0.3, 0.4) is 0 Å². The molecule has 2 heterocycles. The predicted octanol–water partition coefficient (Wildman–Crippen LogP) is 5.10. The summed E-state index contributed by atoms with van der Waals surface area (Å²) in [6.07, 6.45) is -0.963. The van der Waals surface area contributed by atoms with Crippen LogP contribution in [0.5, 0.6) is 0 Å². The summed E-state index contributed by atoms with van der Waals surface area (Å²) in [5, 5.41) is 7.60. The van der Waals surface area contributed by atoms with Crippen molar-refractivity contribution in [3.63, 3.8) is 0 Å². The highest BCUT2D eigenvalue weighted by molar-refractivity contribution is 5.90. The van der Waals surface area contributed by atoms with Crippen molar-refractivity contribution < 1.29 is 18.0 Å². The smallest absolute Gasteiger partial charge is 0.361 e. The molecule has 1 aliphatic heterocycles. The van der Waals surface area contributed by atoms with Crippen LogP contribution in [0.1, 0.15) is 48.6 Å². The largest absolute Gasteiger partial charge is 0.416 e. The highest BCUT2D eigenvalue weighted by atomic mass is 19.4. The fraction of sp³-hybridized carbons (Fsp3) is 0.375. The van der Waals surface area contributed by atoms with E-state index in [9.17, 15) is 18.0 Å².